The smallest absolute Gasteiger partial charge is 0.0799 e. The van der Waals surface area contributed by atoms with Gasteiger partial charge in [0.15, 0.2) is 0 Å². The molecule has 0 saturated carbocycles. The highest BCUT2D eigenvalue weighted by atomic mass is 35.7. The number of hydrogen-bond acceptors (Lipinski definition) is 4. The molecule has 2 bridgehead atoms. The summed E-state index contributed by atoms with van der Waals surface area (Å²) in [6.07, 6.45) is 3.02. The summed E-state index contributed by atoms with van der Waals surface area (Å²) in [5, 5.41) is 0. The van der Waals surface area contributed by atoms with Gasteiger partial charge < -0.3 is 4.90 Å². The van der Waals surface area contributed by atoms with E-state index in [1.54, 1.807) is 0 Å². The predicted octanol–water partition coefficient (Wildman–Crippen LogP) is -4.82. The van der Waals surface area contributed by atoms with Crippen LogP contribution in [0.25, 0.3) is 0 Å². The summed E-state index contributed by atoms with van der Waals surface area (Å²) in [5.74, 6) is 2.13. The molecule has 3 aliphatic rings. The molecule has 3 saturated heterocycles. The summed E-state index contributed by atoms with van der Waals surface area (Å²) in [6, 6.07) is 0. The Morgan fingerprint density at radius 1 is 1.07 bits per heavy atom. The highest BCUT2D eigenvalue weighted by molar-refractivity contribution is 4.72. The predicted molar refractivity (Wildman–Crippen MR) is 37.5 cm³/mol. The van der Waals surface area contributed by atoms with Crippen molar-refractivity contribution in [2.45, 2.75) is 19.8 Å². The van der Waals surface area contributed by atoms with E-state index in [2.05, 4.69) is 6.92 Å². The second kappa shape index (κ2) is 4.74. The quantitative estimate of drug-likeness (QED) is 0.447. The van der Waals surface area contributed by atoms with Gasteiger partial charge >= 0.3 is 0 Å². The number of rotatable bonds is 0. The van der Waals surface area contributed by atoms with Crippen molar-refractivity contribution in [3.8, 4) is 0 Å². The molecule has 0 spiro atoms. The minimum atomic E-state index is -4.94. The van der Waals surface area contributed by atoms with Crippen LogP contribution in [0.4, 0.5) is 0 Å². The van der Waals surface area contributed by atoms with Crippen molar-refractivity contribution in [1.82, 2.24) is 0 Å². The summed E-state index contributed by atoms with van der Waals surface area (Å²) >= 11 is 0. The van der Waals surface area contributed by atoms with E-state index < -0.39 is 10.2 Å². The molecule has 0 aromatic heterocycles. The molecule has 1 unspecified atom stereocenters. The lowest BCUT2D eigenvalue weighted by molar-refractivity contribution is -2.00. The van der Waals surface area contributed by atoms with Gasteiger partial charge in [0.05, 0.1) is 19.6 Å². The number of nitrogens with one attached hydrogen (secondary N) is 1. The van der Waals surface area contributed by atoms with Crippen LogP contribution in [-0.2, 0) is 0 Å². The summed E-state index contributed by atoms with van der Waals surface area (Å²) < 4.78 is 34.0. The number of quaternary nitrogens is 1. The van der Waals surface area contributed by atoms with Crippen LogP contribution in [0.3, 0.4) is 0 Å². The van der Waals surface area contributed by atoms with Gasteiger partial charge in [0, 0.05) is 18.8 Å². The monoisotopic (exact) mass is 225 g/mol. The number of hydrogen-bond donors (Lipinski definition) is 1. The SMILES string of the molecule is CC1C[NH+]2CCC1CC2.[O-][Cl+3]([O-])([O-])[O-]. The van der Waals surface area contributed by atoms with Crippen LogP contribution >= 0.6 is 0 Å². The fourth-order valence-electron chi connectivity index (χ4n) is 2.44. The third kappa shape index (κ3) is 4.54. The molecular weight excluding hydrogens is 210 g/mol. The van der Waals surface area contributed by atoms with Gasteiger partial charge in [0.1, 0.15) is 0 Å². The first-order valence-electron chi connectivity index (χ1n) is 4.81. The van der Waals surface area contributed by atoms with E-state index >= 15 is 0 Å². The fourth-order valence-corrected chi connectivity index (χ4v) is 2.44. The zero-order valence-electron chi connectivity index (χ0n) is 8.20. The average molecular weight is 226 g/mol. The molecule has 1 atom stereocenters. The Hall–Kier alpha value is 0.0900. The van der Waals surface area contributed by atoms with Gasteiger partial charge in [0.25, 0.3) is 0 Å². The molecule has 84 valence electrons. The summed E-state index contributed by atoms with van der Waals surface area (Å²) in [6.45, 7) is 6.82. The highest BCUT2D eigenvalue weighted by Crippen LogP contribution is 2.22. The zero-order valence-corrected chi connectivity index (χ0v) is 8.96. The molecule has 5 nitrogen and oxygen atoms in total. The van der Waals surface area contributed by atoms with E-state index in [1.165, 1.54) is 32.5 Å². The Balaban J connectivity index is 0.000000171. The third-order valence-corrected chi connectivity index (χ3v) is 3.15. The molecule has 3 fully saturated rings. The topological polar surface area (TPSA) is 96.7 Å². The largest absolute Gasteiger partial charge is 0.335 e. The molecular formula is C8H16ClNO4. The van der Waals surface area contributed by atoms with E-state index in [-0.39, 0.29) is 0 Å². The van der Waals surface area contributed by atoms with Gasteiger partial charge in [-0.05, 0) is 5.92 Å². The van der Waals surface area contributed by atoms with Crippen molar-refractivity contribution in [2.24, 2.45) is 11.8 Å². The van der Waals surface area contributed by atoms with Gasteiger partial charge in [-0.15, -0.1) is 10.2 Å². The van der Waals surface area contributed by atoms with E-state index in [0.717, 1.165) is 11.8 Å². The van der Waals surface area contributed by atoms with Crippen LogP contribution in [0.1, 0.15) is 19.8 Å². The van der Waals surface area contributed by atoms with Crippen LogP contribution in [0.5, 0.6) is 0 Å². The Bertz CT molecular complexity index is 171. The fraction of sp³-hybridized carbons (Fsp3) is 1.00. The Morgan fingerprint density at radius 2 is 1.50 bits per heavy atom. The normalized spacial score (nSPS) is 36.2. The molecule has 0 aromatic carbocycles. The van der Waals surface area contributed by atoms with Crippen LogP contribution in [0, 0.1) is 22.1 Å². The molecule has 0 aliphatic carbocycles. The zero-order chi connectivity index (χ0) is 10.8. The molecule has 14 heavy (non-hydrogen) atoms. The van der Waals surface area contributed by atoms with Gasteiger partial charge in [-0.1, -0.05) is 6.92 Å². The summed E-state index contributed by atoms with van der Waals surface area (Å²) in [4.78, 5) is 1.87. The molecule has 1 N–H and O–H groups in total. The first-order valence-corrected chi connectivity index (χ1v) is 6.05. The van der Waals surface area contributed by atoms with Crippen LogP contribution < -0.4 is 23.5 Å². The van der Waals surface area contributed by atoms with E-state index in [4.69, 9.17) is 18.6 Å². The number of piperidine rings is 3. The van der Waals surface area contributed by atoms with Crippen molar-refractivity contribution >= 4 is 0 Å². The number of fused-ring (bicyclic) bond motifs is 3. The van der Waals surface area contributed by atoms with Gasteiger partial charge in [-0.3, -0.25) is 0 Å². The second-order valence-electron chi connectivity index (χ2n) is 4.15. The molecule has 0 amide bonds. The molecule has 3 rings (SSSR count). The van der Waals surface area contributed by atoms with Crippen molar-refractivity contribution in [3.63, 3.8) is 0 Å². The first kappa shape index (κ1) is 12.2. The summed E-state index contributed by atoms with van der Waals surface area (Å²) in [7, 11) is -4.94. The first-order chi connectivity index (χ1) is 6.36. The third-order valence-electron chi connectivity index (χ3n) is 3.15. The molecule has 3 aliphatic heterocycles. The number of halogens is 1. The van der Waals surface area contributed by atoms with Gasteiger partial charge in [-0.2, -0.15) is 0 Å². The molecule has 0 aromatic rings. The Kier molecular flexibility index (Phi) is 4.12. The maximum atomic E-state index is 8.49. The van der Waals surface area contributed by atoms with Crippen LogP contribution in [0.2, 0.25) is 0 Å². The van der Waals surface area contributed by atoms with Gasteiger partial charge in [0.2, 0.25) is 0 Å². The lowest BCUT2D eigenvalue weighted by Crippen LogP contribution is -3.15. The van der Waals surface area contributed by atoms with Crippen molar-refractivity contribution in [3.05, 3.63) is 0 Å². The van der Waals surface area contributed by atoms with Crippen molar-refractivity contribution in [2.75, 3.05) is 19.6 Å². The Morgan fingerprint density at radius 3 is 1.64 bits per heavy atom. The van der Waals surface area contributed by atoms with E-state index in [1.807, 2.05) is 4.90 Å². The van der Waals surface area contributed by atoms with E-state index in [9.17, 15) is 0 Å². The summed E-state index contributed by atoms with van der Waals surface area (Å²) in [5.41, 5.74) is 0. The van der Waals surface area contributed by atoms with E-state index in [0.29, 0.717) is 0 Å². The molecule has 6 heteroatoms. The molecule has 0 radical (unpaired) electrons. The molecule has 3 heterocycles. The minimum Gasteiger partial charge on any atom is -0.335 e. The van der Waals surface area contributed by atoms with Crippen molar-refractivity contribution < 1.29 is 33.8 Å². The van der Waals surface area contributed by atoms with Crippen LogP contribution in [-0.4, -0.2) is 19.6 Å². The highest BCUT2D eigenvalue weighted by Gasteiger charge is 2.34. The van der Waals surface area contributed by atoms with Crippen LogP contribution in [0.15, 0.2) is 0 Å². The van der Waals surface area contributed by atoms with Crippen molar-refractivity contribution in [1.29, 1.82) is 0 Å². The maximum absolute atomic E-state index is 8.49. The minimum absolute atomic E-state index is 1.03. The standard InChI is InChI=1S/C8H15N.ClHO4/c1-7-6-9-4-2-8(7)3-5-9;2-1(3,4)5/h7-8H,2-6H2,1H3;(H,2,3,4,5). The maximum Gasteiger partial charge on any atom is 0.0799 e. The van der Waals surface area contributed by atoms with Gasteiger partial charge in [-0.25, -0.2) is 18.6 Å². The lowest BCUT2D eigenvalue weighted by atomic mass is 9.80. The average Bonchev–Trinajstić information content (AvgIpc) is 2.02. The lowest BCUT2D eigenvalue weighted by Gasteiger charge is -2.40. The Labute approximate surface area is 85.7 Å². The second-order valence-corrected chi connectivity index (χ2v) is 4.90.